The molecule has 5 nitrogen and oxygen atoms in total. The third-order valence-electron chi connectivity index (χ3n) is 3.71. The predicted molar refractivity (Wildman–Crippen MR) is 79.6 cm³/mol. The van der Waals surface area contributed by atoms with Crippen LogP contribution in [0, 0.1) is 0 Å². The van der Waals surface area contributed by atoms with E-state index in [9.17, 15) is 4.79 Å². The van der Waals surface area contributed by atoms with Gasteiger partial charge in [0.15, 0.2) is 0 Å². The Morgan fingerprint density at radius 2 is 2.33 bits per heavy atom. The lowest BCUT2D eigenvalue weighted by atomic mass is 9.98. The lowest BCUT2D eigenvalue weighted by Gasteiger charge is -2.13. The van der Waals surface area contributed by atoms with Crippen LogP contribution >= 0.6 is 0 Å². The van der Waals surface area contributed by atoms with Crippen LogP contribution in [0.3, 0.4) is 0 Å². The van der Waals surface area contributed by atoms with Gasteiger partial charge in [0.2, 0.25) is 5.91 Å². The topological polar surface area (TPSA) is 60.1 Å². The number of furan rings is 1. The van der Waals surface area contributed by atoms with Gasteiger partial charge in [-0.25, -0.2) is 0 Å². The summed E-state index contributed by atoms with van der Waals surface area (Å²) in [5.74, 6) is 0.554. The monoisotopic (exact) mass is 285 g/mol. The number of nitrogens with zero attached hydrogens (tertiary/aromatic N) is 2. The summed E-state index contributed by atoms with van der Waals surface area (Å²) in [6.07, 6.45) is 11.4. The van der Waals surface area contributed by atoms with Gasteiger partial charge in [-0.1, -0.05) is 0 Å². The molecule has 2 aromatic heterocycles. The smallest absolute Gasteiger partial charge is 0.244 e. The quantitative estimate of drug-likeness (QED) is 0.857. The van der Waals surface area contributed by atoms with Crippen LogP contribution in [0.2, 0.25) is 0 Å². The van der Waals surface area contributed by atoms with Crippen molar-refractivity contribution >= 4 is 12.0 Å². The highest BCUT2D eigenvalue weighted by Gasteiger charge is 2.14. The maximum Gasteiger partial charge on any atom is 0.244 e. The summed E-state index contributed by atoms with van der Waals surface area (Å²) < 4.78 is 7.15. The summed E-state index contributed by atoms with van der Waals surface area (Å²) in [7, 11) is 0. The summed E-state index contributed by atoms with van der Waals surface area (Å²) in [6, 6.07) is 3.60. The molecule has 0 radical (unpaired) electrons. The predicted octanol–water partition coefficient (Wildman–Crippen LogP) is 2.18. The number of carbonyl (C=O) groups excluding carboxylic acids is 1. The molecule has 1 amide bonds. The van der Waals surface area contributed by atoms with E-state index in [2.05, 4.69) is 10.4 Å². The highest BCUT2D eigenvalue weighted by Crippen LogP contribution is 2.20. The lowest BCUT2D eigenvalue weighted by molar-refractivity contribution is -0.116. The van der Waals surface area contributed by atoms with Gasteiger partial charge in [-0.15, -0.1) is 0 Å². The van der Waals surface area contributed by atoms with Gasteiger partial charge in [-0.3, -0.25) is 9.48 Å². The van der Waals surface area contributed by atoms with Crippen molar-refractivity contribution in [2.24, 2.45) is 0 Å². The van der Waals surface area contributed by atoms with Crippen molar-refractivity contribution in [3.05, 3.63) is 47.7 Å². The molecule has 1 aliphatic rings. The number of fused-ring (bicyclic) bond motifs is 1. The molecule has 110 valence electrons. The first kappa shape index (κ1) is 13.7. The number of hydrogen-bond donors (Lipinski definition) is 1. The SMILES string of the molecule is O=C(/C=C/c1ccco1)NCCn1ncc2c1CCCC2. The number of nitrogens with one attached hydrogen (secondary N) is 1. The molecule has 0 saturated heterocycles. The minimum Gasteiger partial charge on any atom is -0.465 e. The maximum absolute atomic E-state index is 11.7. The third-order valence-corrected chi connectivity index (χ3v) is 3.71. The number of hydrogen-bond acceptors (Lipinski definition) is 3. The Bertz CT molecular complexity index is 626. The molecule has 0 unspecified atom stereocenters. The zero-order valence-electron chi connectivity index (χ0n) is 11.9. The summed E-state index contributed by atoms with van der Waals surface area (Å²) in [6.45, 7) is 1.30. The second kappa shape index (κ2) is 6.43. The molecule has 1 N–H and O–H groups in total. The van der Waals surface area contributed by atoms with Crippen LogP contribution in [0.1, 0.15) is 29.9 Å². The van der Waals surface area contributed by atoms with Crippen LogP contribution in [0.5, 0.6) is 0 Å². The molecule has 0 atom stereocenters. The minimum atomic E-state index is -0.118. The maximum atomic E-state index is 11.7. The van der Waals surface area contributed by atoms with E-state index in [1.165, 1.54) is 30.2 Å². The molecule has 2 aromatic rings. The first-order chi connectivity index (χ1) is 10.3. The summed E-state index contributed by atoms with van der Waals surface area (Å²) in [4.78, 5) is 11.7. The summed E-state index contributed by atoms with van der Waals surface area (Å²) in [5.41, 5.74) is 2.70. The van der Waals surface area contributed by atoms with E-state index in [1.807, 2.05) is 10.9 Å². The molecule has 0 aromatic carbocycles. The molecular formula is C16H19N3O2. The molecule has 0 saturated carbocycles. The second-order valence-corrected chi connectivity index (χ2v) is 5.19. The Labute approximate surface area is 123 Å². The van der Waals surface area contributed by atoms with Crippen LogP contribution in [-0.2, 0) is 24.2 Å². The van der Waals surface area contributed by atoms with E-state index >= 15 is 0 Å². The highest BCUT2D eigenvalue weighted by atomic mass is 16.3. The van der Waals surface area contributed by atoms with Crippen molar-refractivity contribution in [3.63, 3.8) is 0 Å². The number of carbonyl (C=O) groups is 1. The first-order valence-corrected chi connectivity index (χ1v) is 7.36. The lowest BCUT2D eigenvalue weighted by Crippen LogP contribution is -2.26. The van der Waals surface area contributed by atoms with Crippen molar-refractivity contribution in [2.75, 3.05) is 6.54 Å². The molecule has 21 heavy (non-hydrogen) atoms. The Kier molecular flexibility index (Phi) is 4.19. The van der Waals surface area contributed by atoms with Crippen molar-refractivity contribution in [2.45, 2.75) is 32.2 Å². The van der Waals surface area contributed by atoms with Gasteiger partial charge < -0.3 is 9.73 Å². The van der Waals surface area contributed by atoms with Crippen LogP contribution in [0.25, 0.3) is 6.08 Å². The van der Waals surface area contributed by atoms with Gasteiger partial charge in [0, 0.05) is 18.3 Å². The van der Waals surface area contributed by atoms with Crippen LogP contribution in [0.4, 0.5) is 0 Å². The average molecular weight is 285 g/mol. The molecule has 1 aliphatic carbocycles. The molecular weight excluding hydrogens is 266 g/mol. The van der Waals surface area contributed by atoms with Crippen LogP contribution in [0.15, 0.2) is 35.1 Å². The van der Waals surface area contributed by atoms with Gasteiger partial charge in [-0.05, 0) is 49.5 Å². The normalized spacial score (nSPS) is 14.3. The van der Waals surface area contributed by atoms with Gasteiger partial charge in [0.05, 0.1) is 19.0 Å². The molecule has 5 heteroatoms. The van der Waals surface area contributed by atoms with Crippen LogP contribution in [-0.4, -0.2) is 22.2 Å². The Balaban J connectivity index is 1.47. The first-order valence-electron chi connectivity index (χ1n) is 7.36. The van der Waals surface area contributed by atoms with E-state index in [0.29, 0.717) is 12.3 Å². The van der Waals surface area contributed by atoms with E-state index in [1.54, 1.807) is 24.5 Å². The summed E-state index contributed by atoms with van der Waals surface area (Å²) in [5, 5.41) is 7.28. The minimum absolute atomic E-state index is 0.118. The van der Waals surface area contributed by atoms with Gasteiger partial charge in [0.25, 0.3) is 0 Å². The molecule has 0 spiro atoms. The van der Waals surface area contributed by atoms with Gasteiger partial charge in [0.1, 0.15) is 5.76 Å². The second-order valence-electron chi connectivity index (χ2n) is 5.19. The molecule has 0 fully saturated rings. The van der Waals surface area contributed by atoms with Gasteiger partial charge in [-0.2, -0.15) is 5.10 Å². The fourth-order valence-electron chi connectivity index (χ4n) is 2.64. The fraction of sp³-hybridized carbons (Fsp3) is 0.375. The molecule has 0 aliphatic heterocycles. The van der Waals surface area contributed by atoms with Crippen molar-refractivity contribution < 1.29 is 9.21 Å². The Hall–Kier alpha value is -2.30. The summed E-state index contributed by atoms with van der Waals surface area (Å²) >= 11 is 0. The number of aryl methyl sites for hydroxylation is 1. The highest BCUT2D eigenvalue weighted by molar-refractivity contribution is 5.91. The van der Waals surface area contributed by atoms with Crippen molar-refractivity contribution in [3.8, 4) is 0 Å². The zero-order chi connectivity index (χ0) is 14.5. The number of rotatable bonds is 5. The van der Waals surface area contributed by atoms with E-state index in [-0.39, 0.29) is 5.91 Å². The van der Waals surface area contributed by atoms with E-state index < -0.39 is 0 Å². The van der Waals surface area contributed by atoms with Crippen molar-refractivity contribution in [1.82, 2.24) is 15.1 Å². The van der Waals surface area contributed by atoms with E-state index in [0.717, 1.165) is 19.4 Å². The number of aromatic nitrogens is 2. The van der Waals surface area contributed by atoms with Gasteiger partial charge >= 0.3 is 0 Å². The molecule has 2 heterocycles. The Morgan fingerprint density at radius 3 is 3.19 bits per heavy atom. The third kappa shape index (κ3) is 3.42. The molecule has 0 bridgehead atoms. The average Bonchev–Trinajstić information content (AvgIpc) is 3.15. The standard InChI is InChI=1S/C16H19N3O2/c20-16(8-7-14-5-3-11-21-14)17-9-10-19-15-6-2-1-4-13(15)12-18-19/h3,5,7-8,11-12H,1-2,4,6,9-10H2,(H,17,20)/b8-7+. The van der Waals surface area contributed by atoms with Crippen molar-refractivity contribution in [1.29, 1.82) is 0 Å². The van der Waals surface area contributed by atoms with Crippen LogP contribution < -0.4 is 5.32 Å². The molecule has 3 rings (SSSR count). The largest absolute Gasteiger partial charge is 0.465 e. The zero-order valence-corrected chi connectivity index (χ0v) is 11.9. The Morgan fingerprint density at radius 1 is 1.43 bits per heavy atom. The fourth-order valence-corrected chi connectivity index (χ4v) is 2.64. The van der Waals surface area contributed by atoms with E-state index in [4.69, 9.17) is 4.42 Å². The number of amides is 1.